The van der Waals surface area contributed by atoms with Crippen molar-refractivity contribution < 1.29 is 24.1 Å². The van der Waals surface area contributed by atoms with E-state index in [4.69, 9.17) is 9.47 Å². The van der Waals surface area contributed by atoms with E-state index in [-0.39, 0.29) is 16.9 Å². The van der Waals surface area contributed by atoms with Gasteiger partial charge in [0.2, 0.25) is 0 Å². The molecule has 11 nitrogen and oxygen atoms in total. The predicted molar refractivity (Wildman–Crippen MR) is 110 cm³/mol. The van der Waals surface area contributed by atoms with Crippen molar-refractivity contribution in [2.75, 3.05) is 6.61 Å². The third-order valence-corrected chi connectivity index (χ3v) is 6.04. The minimum Gasteiger partial charge on any atom is -0.344 e. The summed E-state index contributed by atoms with van der Waals surface area (Å²) in [6.07, 6.45) is -0.286. The minimum absolute atomic E-state index is 0.0238. The number of rotatable bonds is 6. The molecule has 2 aliphatic heterocycles. The van der Waals surface area contributed by atoms with Gasteiger partial charge in [-0.05, 0) is 12.1 Å². The first-order valence-corrected chi connectivity index (χ1v) is 10.1. The van der Waals surface area contributed by atoms with E-state index in [0.29, 0.717) is 18.7 Å². The van der Waals surface area contributed by atoms with Gasteiger partial charge in [0.05, 0.1) is 39.9 Å². The summed E-state index contributed by atoms with van der Waals surface area (Å²) in [5.41, 5.74) is 1.40. The normalized spacial score (nSPS) is 23.5. The fourth-order valence-corrected chi connectivity index (χ4v) is 4.45. The molecule has 1 N–H and O–H groups in total. The molecule has 31 heavy (non-hydrogen) atoms. The van der Waals surface area contributed by atoms with E-state index in [1.165, 1.54) is 0 Å². The van der Waals surface area contributed by atoms with E-state index in [1.807, 2.05) is 30.3 Å². The van der Waals surface area contributed by atoms with Gasteiger partial charge < -0.3 is 9.47 Å². The summed E-state index contributed by atoms with van der Waals surface area (Å²) < 4.78 is 11.4. The predicted octanol–water partition coefficient (Wildman–Crippen LogP) is 2.89. The largest absolute Gasteiger partial charge is 0.344 e. The molecule has 4 rings (SSSR count). The van der Waals surface area contributed by atoms with E-state index in [1.54, 1.807) is 11.8 Å². The summed E-state index contributed by atoms with van der Waals surface area (Å²) >= 11 is 1.62. The van der Waals surface area contributed by atoms with E-state index in [2.05, 4.69) is 10.5 Å². The monoisotopic (exact) mass is 444 g/mol. The molecule has 2 aromatic carbocycles. The summed E-state index contributed by atoms with van der Waals surface area (Å²) in [6, 6.07) is 12.5. The summed E-state index contributed by atoms with van der Waals surface area (Å²) in [5, 5.41) is 26.2. The summed E-state index contributed by atoms with van der Waals surface area (Å²) in [4.78, 5) is 34.0. The van der Waals surface area contributed by atoms with E-state index >= 15 is 0 Å². The maximum absolute atomic E-state index is 12.5. The molecule has 0 saturated carbocycles. The Balaban J connectivity index is 1.50. The minimum atomic E-state index is -0.813. The second-order valence-corrected chi connectivity index (χ2v) is 8.12. The Labute approximate surface area is 179 Å². The Bertz CT molecular complexity index is 1030. The van der Waals surface area contributed by atoms with Crippen LogP contribution in [0.4, 0.5) is 11.4 Å². The maximum atomic E-state index is 12.5. The lowest BCUT2D eigenvalue weighted by molar-refractivity contribution is -0.394. The van der Waals surface area contributed by atoms with Crippen molar-refractivity contribution in [3.63, 3.8) is 0 Å². The van der Waals surface area contributed by atoms with Gasteiger partial charge in [0.15, 0.2) is 6.29 Å². The average Bonchev–Trinajstić information content (AvgIpc) is 3.20. The Morgan fingerprint density at radius 1 is 1.10 bits per heavy atom. The number of hydrogen-bond acceptors (Lipinski definition) is 9. The maximum Gasteiger partial charge on any atom is 0.277 e. The third kappa shape index (κ3) is 4.71. The van der Waals surface area contributed by atoms with Crippen LogP contribution in [-0.2, 0) is 9.47 Å². The Morgan fingerprint density at radius 2 is 1.77 bits per heavy atom. The van der Waals surface area contributed by atoms with Crippen molar-refractivity contribution in [3.05, 3.63) is 74.3 Å². The molecule has 0 aliphatic carbocycles. The number of carbonyl (C=O) groups is 1. The van der Waals surface area contributed by atoms with Gasteiger partial charge in [0.25, 0.3) is 17.3 Å². The number of thioether (sulfide) groups is 1. The number of amides is 1. The highest BCUT2D eigenvalue weighted by Crippen LogP contribution is 2.36. The van der Waals surface area contributed by atoms with Crippen LogP contribution in [-0.4, -0.2) is 45.7 Å². The molecule has 2 fully saturated rings. The van der Waals surface area contributed by atoms with Crippen LogP contribution in [0.15, 0.2) is 58.5 Å². The van der Waals surface area contributed by atoms with E-state index in [0.717, 1.165) is 23.1 Å². The van der Waals surface area contributed by atoms with Gasteiger partial charge in [-0.15, -0.1) is 11.8 Å². The van der Waals surface area contributed by atoms with Crippen LogP contribution in [0, 0.1) is 20.2 Å². The lowest BCUT2D eigenvalue weighted by atomic mass is 10.1. The second-order valence-electron chi connectivity index (χ2n) is 6.81. The van der Waals surface area contributed by atoms with Gasteiger partial charge in [-0.25, -0.2) is 5.43 Å². The topological polar surface area (TPSA) is 146 Å². The number of hydrogen-bond donors (Lipinski definition) is 1. The highest BCUT2D eigenvalue weighted by molar-refractivity contribution is 8.00. The summed E-state index contributed by atoms with van der Waals surface area (Å²) in [7, 11) is 0. The van der Waals surface area contributed by atoms with Crippen LogP contribution < -0.4 is 5.43 Å². The van der Waals surface area contributed by atoms with Gasteiger partial charge in [-0.3, -0.25) is 25.0 Å². The standard InChI is InChI=1S/C19H16N4O7S/c24-18(11-6-12(22(25)26)8-13(7-11)23(27)28)21-20-15-9-17(16-10-29-19(15)30-16)31-14-4-2-1-3-5-14/h1-8,16-17,19H,9-10H2,(H,21,24)/b20-15-. The van der Waals surface area contributed by atoms with E-state index in [9.17, 15) is 25.0 Å². The number of benzene rings is 2. The van der Waals surface area contributed by atoms with Crippen LogP contribution in [0.5, 0.6) is 0 Å². The number of non-ortho nitro benzene ring substituents is 2. The first-order valence-electron chi connectivity index (χ1n) is 9.20. The molecule has 3 unspecified atom stereocenters. The fraction of sp³-hybridized carbons (Fsp3) is 0.263. The molecule has 2 heterocycles. The quantitative estimate of drug-likeness (QED) is 0.528. The number of hydrazone groups is 1. The van der Waals surface area contributed by atoms with Crippen LogP contribution in [0.25, 0.3) is 0 Å². The average molecular weight is 444 g/mol. The van der Waals surface area contributed by atoms with Gasteiger partial charge in [0.1, 0.15) is 0 Å². The smallest absolute Gasteiger partial charge is 0.277 e. The number of carbonyl (C=O) groups excluding carboxylic acids is 1. The van der Waals surface area contributed by atoms with Crippen molar-refractivity contribution >= 4 is 34.8 Å². The molecular weight excluding hydrogens is 428 g/mol. The molecule has 2 aliphatic rings. The number of nitrogens with one attached hydrogen (secondary N) is 1. The summed E-state index contributed by atoms with van der Waals surface area (Å²) in [6.45, 7) is 0.402. The lowest BCUT2D eigenvalue weighted by Crippen LogP contribution is -2.38. The molecule has 2 aromatic rings. The Hall–Kier alpha value is -3.35. The van der Waals surface area contributed by atoms with E-state index < -0.39 is 33.4 Å². The number of nitro benzene ring substituents is 2. The highest BCUT2D eigenvalue weighted by atomic mass is 32.2. The SMILES string of the molecule is O=C(N/N=C1/CC(Sc2ccccc2)C2COC1O2)c1cc([N+](=O)[O-])cc([N+](=O)[O-])c1. The number of ether oxygens (including phenoxy) is 2. The van der Waals surface area contributed by atoms with Gasteiger partial charge in [-0.2, -0.15) is 5.10 Å². The highest BCUT2D eigenvalue weighted by Gasteiger charge is 2.42. The lowest BCUT2D eigenvalue weighted by Gasteiger charge is -2.27. The Morgan fingerprint density at radius 3 is 2.42 bits per heavy atom. The van der Waals surface area contributed by atoms with Crippen molar-refractivity contribution in [2.24, 2.45) is 5.10 Å². The molecule has 2 saturated heterocycles. The van der Waals surface area contributed by atoms with Crippen molar-refractivity contribution in [1.82, 2.24) is 5.43 Å². The molecule has 1 amide bonds. The van der Waals surface area contributed by atoms with Gasteiger partial charge in [0, 0.05) is 28.7 Å². The van der Waals surface area contributed by atoms with Gasteiger partial charge in [-0.1, -0.05) is 18.2 Å². The molecule has 0 aromatic heterocycles. The third-order valence-electron chi connectivity index (χ3n) is 4.73. The molecule has 3 atom stereocenters. The molecular formula is C19H16N4O7S. The van der Waals surface area contributed by atoms with Crippen molar-refractivity contribution in [1.29, 1.82) is 0 Å². The zero-order chi connectivity index (χ0) is 22.0. The van der Waals surface area contributed by atoms with Crippen LogP contribution in [0.2, 0.25) is 0 Å². The number of fused-ring (bicyclic) bond motifs is 2. The van der Waals surface area contributed by atoms with Crippen molar-refractivity contribution in [3.8, 4) is 0 Å². The molecule has 0 radical (unpaired) electrons. The first-order chi connectivity index (χ1) is 14.9. The van der Waals surface area contributed by atoms with Crippen LogP contribution in [0.1, 0.15) is 16.8 Å². The molecule has 12 heteroatoms. The van der Waals surface area contributed by atoms with Crippen LogP contribution in [0.3, 0.4) is 0 Å². The first kappa shape index (κ1) is 20.9. The fourth-order valence-electron chi connectivity index (χ4n) is 3.24. The number of nitro groups is 2. The number of nitrogens with zero attached hydrogens (tertiary/aromatic N) is 3. The van der Waals surface area contributed by atoms with Crippen molar-refractivity contribution in [2.45, 2.75) is 29.0 Å². The second kappa shape index (κ2) is 8.79. The molecule has 0 spiro atoms. The molecule has 160 valence electrons. The summed E-state index contributed by atoms with van der Waals surface area (Å²) in [5.74, 6) is -0.813. The zero-order valence-electron chi connectivity index (χ0n) is 15.9. The Kier molecular flexibility index (Phi) is 5.93. The zero-order valence-corrected chi connectivity index (χ0v) is 16.7. The molecule has 2 bridgehead atoms. The van der Waals surface area contributed by atoms with Gasteiger partial charge >= 0.3 is 0 Å². The van der Waals surface area contributed by atoms with Crippen LogP contribution >= 0.6 is 11.8 Å².